The SMILES string of the molecule is N[C@@H](Cc1ccc(-c2nccc(OC(c3ccc(F)cc3-c3cccs3)C(F)(F)F)n2)cc1)C(=O)O. The van der Waals surface area contributed by atoms with Gasteiger partial charge in [0.25, 0.3) is 0 Å². The van der Waals surface area contributed by atoms with Crippen molar-refractivity contribution >= 4 is 17.3 Å². The van der Waals surface area contributed by atoms with Crippen molar-refractivity contribution in [1.29, 1.82) is 0 Å². The first kappa shape index (κ1) is 25.3. The average Bonchev–Trinajstić information content (AvgIpc) is 3.38. The number of carboxylic acid groups (broad SMARTS) is 1. The molecule has 0 amide bonds. The Kier molecular flexibility index (Phi) is 7.32. The third-order valence-electron chi connectivity index (χ3n) is 5.24. The van der Waals surface area contributed by atoms with E-state index in [1.807, 2.05) is 0 Å². The molecule has 2 heterocycles. The van der Waals surface area contributed by atoms with Crippen molar-refractivity contribution in [2.45, 2.75) is 24.7 Å². The lowest BCUT2D eigenvalue weighted by Crippen LogP contribution is -2.32. The molecule has 0 fully saturated rings. The van der Waals surface area contributed by atoms with Crippen LogP contribution in [-0.4, -0.2) is 33.3 Å². The summed E-state index contributed by atoms with van der Waals surface area (Å²) in [6.07, 6.45) is -5.85. The molecule has 0 radical (unpaired) electrons. The van der Waals surface area contributed by atoms with E-state index in [0.717, 1.165) is 18.2 Å². The molecule has 0 saturated carbocycles. The number of hydrogen-bond donors (Lipinski definition) is 2. The third kappa shape index (κ3) is 5.86. The van der Waals surface area contributed by atoms with Crippen molar-refractivity contribution in [3.8, 4) is 27.7 Å². The molecule has 4 aromatic rings. The topological polar surface area (TPSA) is 98.3 Å². The summed E-state index contributed by atoms with van der Waals surface area (Å²) in [7, 11) is 0. The Morgan fingerprint density at radius 1 is 1.11 bits per heavy atom. The molecule has 6 nitrogen and oxygen atoms in total. The van der Waals surface area contributed by atoms with Crippen LogP contribution >= 0.6 is 11.3 Å². The molecule has 0 saturated heterocycles. The van der Waals surface area contributed by atoms with Gasteiger partial charge in [0.15, 0.2) is 5.82 Å². The van der Waals surface area contributed by atoms with Crippen molar-refractivity contribution in [2.75, 3.05) is 0 Å². The summed E-state index contributed by atoms with van der Waals surface area (Å²) in [5, 5.41) is 10.6. The Labute approximate surface area is 207 Å². The largest absolute Gasteiger partial charge is 0.480 e. The second-order valence-corrected chi connectivity index (χ2v) is 8.76. The number of aliphatic carboxylic acids is 1. The Bertz CT molecular complexity index is 1350. The zero-order valence-corrected chi connectivity index (χ0v) is 19.3. The lowest BCUT2D eigenvalue weighted by atomic mass is 10.00. The lowest BCUT2D eigenvalue weighted by molar-refractivity contribution is -0.198. The van der Waals surface area contributed by atoms with E-state index < -0.39 is 30.1 Å². The molecular weight excluding hydrogens is 498 g/mol. The maximum absolute atomic E-state index is 14.1. The highest BCUT2D eigenvalue weighted by Gasteiger charge is 2.44. The van der Waals surface area contributed by atoms with Gasteiger partial charge in [-0.1, -0.05) is 36.4 Å². The van der Waals surface area contributed by atoms with Crippen LogP contribution < -0.4 is 10.5 Å². The molecule has 1 unspecified atom stereocenters. The molecule has 3 N–H and O–H groups in total. The van der Waals surface area contributed by atoms with Gasteiger partial charge in [-0.05, 0) is 35.6 Å². The van der Waals surface area contributed by atoms with Crippen molar-refractivity contribution in [3.63, 3.8) is 0 Å². The van der Waals surface area contributed by atoms with Crippen molar-refractivity contribution in [1.82, 2.24) is 9.97 Å². The molecule has 0 bridgehead atoms. The minimum atomic E-state index is -4.82. The fourth-order valence-electron chi connectivity index (χ4n) is 3.51. The van der Waals surface area contributed by atoms with E-state index in [1.54, 1.807) is 41.8 Å². The summed E-state index contributed by atoms with van der Waals surface area (Å²) in [5.41, 5.74) is 6.53. The fourth-order valence-corrected chi connectivity index (χ4v) is 4.27. The molecule has 0 spiro atoms. The van der Waals surface area contributed by atoms with Crippen molar-refractivity contribution in [2.24, 2.45) is 5.73 Å². The van der Waals surface area contributed by atoms with E-state index in [1.165, 1.54) is 23.6 Å². The number of ether oxygens (including phenoxy) is 1. The van der Waals surface area contributed by atoms with Crippen LogP contribution in [0.15, 0.2) is 72.2 Å². The van der Waals surface area contributed by atoms with Gasteiger partial charge in [-0.25, -0.2) is 9.37 Å². The number of carbonyl (C=O) groups is 1. The monoisotopic (exact) mass is 517 g/mol. The highest BCUT2D eigenvalue weighted by molar-refractivity contribution is 7.13. The summed E-state index contributed by atoms with van der Waals surface area (Å²) in [6.45, 7) is 0. The van der Waals surface area contributed by atoms with E-state index >= 15 is 0 Å². The van der Waals surface area contributed by atoms with Crippen LogP contribution in [0.3, 0.4) is 0 Å². The summed E-state index contributed by atoms with van der Waals surface area (Å²) < 4.78 is 61.7. The van der Waals surface area contributed by atoms with Gasteiger partial charge >= 0.3 is 12.1 Å². The first-order chi connectivity index (χ1) is 17.1. The quantitative estimate of drug-likeness (QED) is 0.293. The lowest BCUT2D eigenvalue weighted by Gasteiger charge is -2.23. The number of rotatable bonds is 8. The Hall–Kier alpha value is -3.83. The predicted molar refractivity (Wildman–Crippen MR) is 126 cm³/mol. The Morgan fingerprint density at radius 2 is 1.86 bits per heavy atom. The van der Waals surface area contributed by atoms with Gasteiger partial charge < -0.3 is 15.6 Å². The smallest absolute Gasteiger partial charge is 0.429 e. The van der Waals surface area contributed by atoms with Gasteiger partial charge in [-0.15, -0.1) is 11.3 Å². The van der Waals surface area contributed by atoms with E-state index in [2.05, 4.69) is 9.97 Å². The number of carboxylic acids is 1. The predicted octanol–water partition coefficient (Wildman–Crippen LogP) is 5.65. The summed E-state index contributed by atoms with van der Waals surface area (Å²) in [4.78, 5) is 19.6. The maximum atomic E-state index is 14.1. The highest BCUT2D eigenvalue weighted by atomic mass is 32.1. The summed E-state index contributed by atoms with van der Waals surface area (Å²) in [6, 6.07) is 13.0. The molecular formula is C25H19F4N3O3S. The van der Waals surface area contributed by atoms with Gasteiger partial charge in [0.2, 0.25) is 12.0 Å². The van der Waals surface area contributed by atoms with E-state index in [-0.39, 0.29) is 29.3 Å². The van der Waals surface area contributed by atoms with Gasteiger partial charge in [-0.3, -0.25) is 4.79 Å². The molecule has 186 valence electrons. The molecule has 36 heavy (non-hydrogen) atoms. The molecule has 0 aliphatic carbocycles. The second kappa shape index (κ2) is 10.4. The molecule has 2 atom stereocenters. The summed E-state index contributed by atoms with van der Waals surface area (Å²) >= 11 is 1.18. The highest BCUT2D eigenvalue weighted by Crippen LogP contribution is 2.42. The standard InChI is InChI=1S/C25H19F4N3O3S/c26-16-7-8-17(18(13-16)20-2-1-11-36-20)22(25(27,28)29)35-21-9-10-31-23(32-21)15-5-3-14(4-6-15)12-19(30)24(33)34/h1-11,13,19,22H,12,30H2,(H,33,34)/t19-,22?/m0/s1. The number of benzene rings is 2. The normalized spacial score (nSPS) is 13.2. The zero-order chi connectivity index (χ0) is 25.9. The van der Waals surface area contributed by atoms with Crippen LogP contribution in [-0.2, 0) is 11.2 Å². The third-order valence-corrected chi connectivity index (χ3v) is 6.14. The van der Waals surface area contributed by atoms with E-state index in [9.17, 15) is 22.4 Å². The zero-order valence-electron chi connectivity index (χ0n) is 18.4. The van der Waals surface area contributed by atoms with Crippen LogP contribution in [0.25, 0.3) is 21.8 Å². The average molecular weight is 518 g/mol. The fraction of sp³-hybridized carbons (Fsp3) is 0.160. The number of nitrogens with two attached hydrogens (primary N) is 1. The number of hydrogen-bond acceptors (Lipinski definition) is 6. The van der Waals surface area contributed by atoms with E-state index in [4.69, 9.17) is 15.6 Å². The molecule has 0 aliphatic rings. The first-order valence-electron chi connectivity index (χ1n) is 10.6. The molecule has 11 heteroatoms. The van der Waals surface area contributed by atoms with Gasteiger partial charge in [0.1, 0.15) is 11.9 Å². The van der Waals surface area contributed by atoms with Gasteiger partial charge in [-0.2, -0.15) is 18.2 Å². The van der Waals surface area contributed by atoms with Crippen molar-refractivity contribution < 1.29 is 32.2 Å². The number of aromatic nitrogens is 2. The summed E-state index contributed by atoms with van der Waals surface area (Å²) in [5.74, 6) is -2.00. The van der Waals surface area contributed by atoms with Gasteiger partial charge in [0.05, 0.1) is 0 Å². The van der Waals surface area contributed by atoms with Crippen LogP contribution in [0.5, 0.6) is 5.88 Å². The molecule has 4 rings (SSSR count). The Balaban J connectivity index is 1.63. The molecule has 2 aromatic heterocycles. The second-order valence-electron chi connectivity index (χ2n) is 7.81. The first-order valence-corrected chi connectivity index (χ1v) is 11.5. The number of nitrogens with zero attached hydrogens (tertiary/aromatic N) is 2. The van der Waals surface area contributed by atoms with Crippen LogP contribution in [0.2, 0.25) is 0 Å². The van der Waals surface area contributed by atoms with Crippen LogP contribution in [0, 0.1) is 5.82 Å². The number of alkyl halides is 3. The van der Waals surface area contributed by atoms with Crippen LogP contribution in [0.4, 0.5) is 17.6 Å². The Morgan fingerprint density at radius 3 is 2.50 bits per heavy atom. The van der Waals surface area contributed by atoms with Crippen LogP contribution in [0.1, 0.15) is 17.2 Å². The minimum Gasteiger partial charge on any atom is -0.480 e. The number of halogens is 4. The minimum absolute atomic E-state index is 0.0803. The van der Waals surface area contributed by atoms with Crippen molar-refractivity contribution in [3.05, 3.63) is 89.2 Å². The maximum Gasteiger partial charge on any atom is 0.429 e. The molecule has 2 aromatic carbocycles. The molecule has 0 aliphatic heterocycles. The number of thiophene rings is 1. The van der Waals surface area contributed by atoms with Gasteiger partial charge in [0, 0.05) is 33.8 Å². The van der Waals surface area contributed by atoms with E-state index in [0.29, 0.717) is 16.0 Å².